The minimum absolute atomic E-state index is 0.202. The lowest BCUT2D eigenvalue weighted by Gasteiger charge is -2.28. The molecule has 0 spiro atoms. The van der Waals surface area contributed by atoms with Crippen molar-refractivity contribution in [3.8, 4) is 0 Å². The fourth-order valence-corrected chi connectivity index (χ4v) is 4.09. The molecule has 2 aromatic rings. The van der Waals surface area contributed by atoms with E-state index in [1.165, 1.54) is 16.0 Å². The van der Waals surface area contributed by atoms with Crippen molar-refractivity contribution in [3.63, 3.8) is 0 Å². The van der Waals surface area contributed by atoms with Crippen LogP contribution in [0.3, 0.4) is 0 Å². The van der Waals surface area contributed by atoms with E-state index in [9.17, 15) is 0 Å². The molecule has 1 unspecified atom stereocenters. The van der Waals surface area contributed by atoms with Crippen molar-refractivity contribution in [2.24, 2.45) is 5.73 Å². The molecule has 2 nitrogen and oxygen atoms in total. The molecular weight excluding hydrogens is 356 g/mol. The lowest BCUT2D eigenvalue weighted by atomic mass is 10.0. The summed E-state index contributed by atoms with van der Waals surface area (Å²) in [6.45, 7) is 3.56. The Kier molecular flexibility index (Phi) is 5.64. The number of halogens is 2. The van der Waals surface area contributed by atoms with Crippen LogP contribution in [0.1, 0.15) is 22.0 Å². The number of rotatable bonds is 5. The summed E-state index contributed by atoms with van der Waals surface area (Å²) >= 11 is 11.3. The first-order valence-electron chi connectivity index (χ1n) is 6.40. The van der Waals surface area contributed by atoms with Gasteiger partial charge in [-0.25, -0.2) is 0 Å². The van der Waals surface area contributed by atoms with E-state index in [2.05, 4.69) is 52.3 Å². The van der Waals surface area contributed by atoms with Gasteiger partial charge >= 0.3 is 0 Å². The topological polar surface area (TPSA) is 29.3 Å². The zero-order chi connectivity index (χ0) is 14.7. The van der Waals surface area contributed by atoms with Crippen LogP contribution in [0.5, 0.6) is 0 Å². The maximum absolute atomic E-state index is 6.03. The summed E-state index contributed by atoms with van der Waals surface area (Å²) < 4.78 is 1.14. The van der Waals surface area contributed by atoms with Crippen LogP contribution in [0.25, 0.3) is 0 Å². The maximum atomic E-state index is 6.03. The number of aryl methyl sites for hydroxylation is 1. The van der Waals surface area contributed by atoms with Crippen LogP contribution in [0, 0.1) is 6.92 Å². The predicted octanol–water partition coefficient (Wildman–Crippen LogP) is 4.60. The average molecular weight is 374 g/mol. The summed E-state index contributed by atoms with van der Waals surface area (Å²) in [5, 5.41) is 2.88. The Balaban J connectivity index is 2.18. The third kappa shape index (κ3) is 3.83. The molecule has 2 rings (SSSR count). The van der Waals surface area contributed by atoms with Crippen molar-refractivity contribution in [2.75, 3.05) is 13.6 Å². The van der Waals surface area contributed by atoms with Gasteiger partial charge in [0.2, 0.25) is 0 Å². The summed E-state index contributed by atoms with van der Waals surface area (Å²) in [6, 6.07) is 8.37. The van der Waals surface area contributed by atoms with Gasteiger partial charge in [-0.15, -0.1) is 11.3 Å². The molecule has 0 aliphatic carbocycles. The summed E-state index contributed by atoms with van der Waals surface area (Å²) in [6.07, 6.45) is 0. The molecule has 2 N–H and O–H groups in total. The molecule has 0 saturated heterocycles. The molecule has 1 aromatic carbocycles. The third-order valence-corrected chi connectivity index (χ3v) is 5.29. The van der Waals surface area contributed by atoms with Gasteiger partial charge in [0.15, 0.2) is 0 Å². The minimum atomic E-state index is 0.202. The van der Waals surface area contributed by atoms with E-state index in [0.717, 1.165) is 16.0 Å². The highest BCUT2D eigenvalue weighted by Gasteiger charge is 2.18. The van der Waals surface area contributed by atoms with Gasteiger partial charge in [0, 0.05) is 38.9 Å². The van der Waals surface area contributed by atoms with E-state index < -0.39 is 0 Å². The fourth-order valence-electron chi connectivity index (χ4n) is 2.35. The van der Waals surface area contributed by atoms with Crippen LogP contribution in [-0.4, -0.2) is 18.5 Å². The molecule has 0 aliphatic heterocycles. The Labute approximate surface area is 137 Å². The summed E-state index contributed by atoms with van der Waals surface area (Å²) in [5.41, 5.74) is 8.42. The number of benzene rings is 1. The molecule has 0 saturated carbocycles. The van der Waals surface area contributed by atoms with Gasteiger partial charge in [-0.3, -0.25) is 4.90 Å². The number of hydrogen-bond acceptors (Lipinski definition) is 3. The van der Waals surface area contributed by atoms with Crippen LogP contribution in [0.2, 0.25) is 5.02 Å². The number of likely N-dealkylation sites (N-methyl/N-ethyl adjacent to an activating group) is 1. The molecule has 5 heteroatoms. The van der Waals surface area contributed by atoms with E-state index in [-0.39, 0.29) is 6.04 Å². The minimum Gasteiger partial charge on any atom is -0.329 e. The molecule has 0 amide bonds. The number of hydrogen-bond donors (Lipinski definition) is 1. The van der Waals surface area contributed by atoms with Crippen molar-refractivity contribution in [2.45, 2.75) is 19.5 Å². The standard InChI is InChI=1S/C15H18BrClN2S/c1-10-5-12(17)3-4-14(10)15(7-18)19(2)8-13-6-11(16)9-20-13/h3-6,9,15H,7-8,18H2,1-2H3. The molecular formula is C15H18BrClN2S. The Bertz CT molecular complexity index is 585. The van der Waals surface area contributed by atoms with E-state index in [0.29, 0.717) is 6.54 Å². The second-order valence-electron chi connectivity index (χ2n) is 4.90. The lowest BCUT2D eigenvalue weighted by Crippen LogP contribution is -2.30. The highest BCUT2D eigenvalue weighted by molar-refractivity contribution is 9.10. The first kappa shape index (κ1) is 16.0. The largest absolute Gasteiger partial charge is 0.329 e. The van der Waals surface area contributed by atoms with Gasteiger partial charge < -0.3 is 5.73 Å². The third-order valence-electron chi connectivity index (χ3n) is 3.37. The Morgan fingerprint density at radius 3 is 2.70 bits per heavy atom. The monoisotopic (exact) mass is 372 g/mol. The quantitative estimate of drug-likeness (QED) is 0.829. The molecule has 0 fully saturated rings. The SMILES string of the molecule is Cc1cc(Cl)ccc1C(CN)N(C)Cc1cc(Br)cs1. The first-order valence-corrected chi connectivity index (χ1v) is 8.45. The number of nitrogens with zero attached hydrogens (tertiary/aromatic N) is 1. The van der Waals surface area contributed by atoms with E-state index >= 15 is 0 Å². The second kappa shape index (κ2) is 7.05. The van der Waals surface area contributed by atoms with Crippen LogP contribution in [0.4, 0.5) is 0 Å². The van der Waals surface area contributed by atoms with Crippen LogP contribution in [0.15, 0.2) is 34.1 Å². The van der Waals surface area contributed by atoms with E-state index in [1.54, 1.807) is 11.3 Å². The number of thiophene rings is 1. The van der Waals surface area contributed by atoms with Crippen molar-refractivity contribution in [1.29, 1.82) is 0 Å². The zero-order valence-electron chi connectivity index (χ0n) is 11.6. The summed E-state index contributed by atoms with van der Waals surface area (Å²) in [7, 11) is 2.11. The Hall–Kier alpha value is -0.390. The number of nitrogens with two attached hydrogens (primary N) is 1. The van der Waals surface area contributed by atoms with Crippen molar-refractivity contribution in [3.05, 3.63) is 55.1 Å². The van der Waals surface area contributed by atoms with Crippen LogP contribution in [-0.2, 0) is 6.54 Å². The average Bonchev–Trinajstić information content (AvgIpc) is 2.78. The van der Waals surface area contributed by atoms with Gasteiger partial charge in [-0.05, 0) is 59.2 Å². The van der Waals surface area contributed by atoms with E-state index in [4.69, 9.17) is 17.3 Å². The molecule has 1 heterocycles. The van der Waals surface area contributed by atoms with Gasteiger partial charge in [-0.2, -0.15) is 0 Å². The molecule has 0 radical (unpaired) electrons. The highest BCUT2D eigenvalue weighted by Crippen LogP contribution is 2.28. The Morgan fingerprint density at radius 1 is 1.40 bits per heavy atom. The first-order chi connectivity index (χ1) is 9.51. The fraction of sp³-hybridized carbons (Fsp3) is 0.333. The summed E-state index contributed by atoms with van der Waals surface area (Å²) in [4.78, 5) is 3.61. The molecule has 0 bridgehead atoms. The van der Waals surface area contributed by atoms with Crippen LogP contribution < -0.4 is 5.73 Å². The van der Waals surface area contributed by atoms with Crippen LogP contribution >= 0.6 is 38.9 Å². The molecule has 108 valence electrons. The molecule has 20 heavy (non-hydrogen) atoms. The molecule has 1 aromatic heterocycles. The summed E-state index contributed by atoms with van der Waals surface area (Å²) in [5.74, 6) is 0. The Morgan fingerprint density at radius 2 is 2.15 bits per heavy atom. The van der Waals surface area contributed by atoms with Crippen molar-refractivity contribution < 1.29 is 0 Å². The van der Waals surface area contributed by atoms with Gasteiger partial charge in [0.25, 0.3) is 0 Å². The zero-order valence-corrected chi connectivity index (χ0v) is 14.7. The van der Waals surface area contributed by atoms with Gasteiger partial charge in [0.1, 0.15) is 0 Å². The van der Waals surface area contributed by atoms with Crippen molar-refractivity contribution >= 4 is 38.9 Å². The molecule has 0 aliphatic rings. The second-order valence-corrected chi connectivity index (χ2v) is 7.25. The lowest BCUT2D eigenvalue weighted by molar-refractivity contribution is 0.243. The smallest absolute Gasteiger partial charge is 0.0473 e. The van der Waals surface area contributed by atoms with Gasteiger partial charge in [0.05, 0.1) is 0 Å². The van der Waals surface area contributed by atoms with E-state index in [1.807, 2.05) is 12.1 Å². The normalized spacial score (nSPS) is 12.9. The highest BCUT2D eigenvalue weighted by atomic mass is 79.9. The van der Waals surface area contributed by atoms with Crippen molar-refractivity contribution in [1.82, 2.24) is 4.90 Å². The maximum Gasteiger partial charge on any atom is 0.0473 e. The predicted molar refractivity (Wildman–Crippen MR) is 91.5 cm³/mol. The molecule has 1 atom stereocenters. The van der Waals surface area contributed by atoms with Gasteiger partial charge in [-0.1, -0.05) is 17.7 Å².